The van der Waals surface area contributed by atoms with Gasteiger partial charge in [0.05, 0.1) is 0 Å². The van der Waals surface area contributed by atoms with Crippen LogP contribution in [0.1, 0.15) is 0 Å². The summed E-state index contributed by atoms with van der Waals surface area (Å²) < 4.78 is 0. The number of hydrogen-bond acceptors (Lipinski definition) is 1. The Morgan fingerprint density at radius 3 is 1.44 bits per heavy atom. The average molecular weight is 285 g/mol. The van der Waals surface area contributed by atoms with Crippen molar-refractivity contribution in [3.05, 3.63) is 30.6 Å². The normalized spacial score (nSPS) is 5.33. The van der Waals surface area contributed by atoms with Gasteiger partial charge in [0.25, 0.3) is 0 Å². The molecular weight excluding hydrogens is 278 g/mol. The zero-order chi connectivity index (χ0) is 4.24. The number of rotatable bonds is 0. The fourth-order valence-electron chi connectivity index (χ4n) is 0.313. The maximum atomic E-state index is 3.78. The van der Waals surface area contributed by atoms with Crippen LogP contribution in [0.5, 0.6) is 0 Å². The van der Waals surface area contributed by atoms with Crippen molar-refractivity contribution in [3.8, 4) is 0 Å². The first-order valence-electron chi connectivity index (χ1n) is 1.85. The number of aromatic nitrogens is 1. The Balaban J connectivity index is -0.000000120. The van der Waals surface area contributed by atoms with Gasteiger partial charge in [-0.1, -0.05) is 6.07 Å². The van der Waals surface area contributed by atoms with Gasteiger partial charge in [-0.25, -0.2) is 0 Å². The Hall–Kier alpha value is 0.760. The predicted octanol–water partition coefficient (Wildman–Crippen LogP) is 1.19. The monoisotopic (exact) mass is 283 g/mol. The summed E-state index contributed by atoms with van der Waals surface area (Å²) in [6, 6.07) is 5.72. The molecule has 0 atom stereocenters. The second-order valence-corrected chi connectivity index (χ2v) is 1.02. The van der Waals surface area contributed by atoms with Crippen LogP contribution in [0.3, 0.4) is 0 Å². The van der Waals surface area contributed by atoms with Crippen molar-refractivity contribution in [3.63, 3.8) is 0 Å². The molecular formula is C5H7AgCuNS. The molecule has 1 nitrogen and oxygen atoms in total. The number of nitrogens with zero attached hydrogens (tertiary/aromatic N) is 1. The molecule has 0 saturated heterocycles. The molecule has 0 aromatic carbocycles. The minimum Gasteiger partial charge on any atom is -0.265 e. The summed E-state index contributed by atoms with van der Waals surface area (Å²) in [6.45, 7) is 0. The van der Waals surface area contributed by atoms with Gasteiger partial charge in [-0.3, -0.25) is 4.98 Å². The zero-order valence-electron chi connectivity index (χ0n) is 4.44. The second kappa shape index (κ2) is 11.5. The first-order valence-corrected chi connectivity index (χ1v) is 1.85. The smallest absolute Gasteiger partial charge is 0.0267 e. The molecule has 0 aliphatic rings. The molecule has 0 N–H and O–H groups in total. The van der Waals surface area contributed by atoms with Crippen LogP contribution < -0.4 is 0 Å². The molecule has 60 valence electrons. The van der Waals surface area contributed by atoms with Crippen LogP contribution >= 0.6 is 13.5 Å². The van der Waals surface area contributed by atoms with Gasteiger partial charge in [-0.15, -0.1) is 0 Å². The van der Waals surface area contributed by atoms with Crippen molar-refractivity contribution in [2.45, 2.75) is 0 Å². The van der Waals surface area contributed by atoms with E-state index in [-0.39, 0.29) is 52.9 Å². The topological polar surface area (TPSA) is 12.9 Å². The van der Waals surface area contributed by atoms with Crippen LogP contribution in [0.25, 0.3) is 0 Å². The van der Waals surface area contributed by atoms with Crippen molar-refractivity contribution >= 4 is 13.5 Å². The van der Waals surface area contributed by atoms with Gasteiger partial charge < -0.3 is 0 Å². The van der Waals surface area contributed by atoms with Crippen molar-refractivity contribution in [1.29, 1.82) is 0 Å². The Bertz CT molecular complexity index is 88.9. The van der Waals surface area contributed by atoms with Gasteiger partial charge in [0, 0.05) is 51.8 Å². The van der Waals surface area contributed by atoms with E-state index in [2.05, 4.69) is 4.98 Å². The number of hydrogen-bond donors (Lipinski definition) is 0. The van der Waals surface area contributed by atoms with E-state index in [4.69, 9.17) is 0 Å². The molecule has 0 aliphatic carbocycles. The number of pyridine rings is 1. The molecule has 0 saturated carbocycles. The largest absolute Gasteiger partial charge is 0.265 e. The molecule has 0 spiro atoms. The molecule has 0 aliphatic heterocycles. The minimum atomic E-state index is 0. The van der Waals surface area contributed by atoms with E-state index in [1.165, 1.54) is 0 Å². The van der Waals surface area contributed by atoms with Gasteiger partial charge >= 0.3 is 0 Å². The summed E-state index contributed by atoms with van der Waals surface area (Å²) in [4.78, 5) is 3.78. The minimum absolute atomic E-state index is 0. The third-order valence-corrected chi connectivity index (χ3v) is 0.566. The molecule has 0 unspecified atom stereocenters. The first-order chi connectivity index (χ1) is 3.00. The third-order valence-electron chi connectivity index (χ3n) is 0.566. The summed E-state index contributed by atoms with van der Waals surface area (Å²) >= 11 is 0. The molecule has 1 aromatic rings. The maximum Gasteiger partial charge on any atom is 0.0267 e. The van der Waals surface area contributed by atoms with E-state index < -0.39 is 0 Å². The van der Waals surface area contributed by atoms with Crippen LogP contribution in [0.2, 0.25) is 0 Å². The van der Waals surface area contributed by atoms with Crippen molar-refractivity contribution in [2.24, 2.45) is 0 Å². The van der Waals surface area contributed by atoms with Gasteiger partial charge in [0.2, 0.25) is 0 Å². The van der Waals surface area contributed by atoms with Gasteiger partial charge in [0.1, 0.15) is 0 Å². The van der Waals surface area contributed by atoms with Gasteiger partial charge in [-0.2, -0.15) is 13.5 Å². The molecule has 0 fully saturated rings. The molecule has 2 radical (unpaired) electrons. The molecule has 1 rings (SSSR count). The van der Waals surface area contributed by atoms with E-state index in [0.29, 0.717) is 0 Å². The van der Waals surface area contributed by atoms with Crippen molar-refractivity contribution in [1.82, 2.24) is 4.98 Å². The van der Waals surface area contributed by atoms with Crippen LogP contribution in [-0.4, -0.2) is 4.98 Å². The van der Waals surface area contributed by atoms with E-state index in [0.717, 1.165) is 0 Å². The molecule has 9 heavy (non-hydrogen) atoms. The van der Waals surface area contributed by atoms with Crippen LogP contribution in [0.4, 0.5) is 0 Å². The quantitative estimate of drug-likeness (QED) is 0.652. The van der Waals surface area contributed by atoms with Crippen LogP contribution in [0, 0.1) is 0 Å². The van der Waals surface area contributed by atoms with Gasteiger partial charge in [0.15, 0.2) is 0 Å². The van der Waals surface area contributed by atoms with E-state index in [9.17, 15) is 0 Å². The Kier molecular flexibility index (Phi) is 21.0. The summed E-state index contributed by atoms with van der Waals surface area (Å²) in [5.74, 6) is 0. The second-order valence-electron chi connectivity index (χ2n) is 1.02. The van der Waals surface area contributed by atoms with E-state index in [1.807, 2.05) is 18.2 Å². The van der Waals surface area contributed by atoms with Crippen molar-refractivity contribution in [2.75, 3.05) is 0 Å². The Morgan fingerprint density at radius 2 is 1.33 bits per heavy atom. The molecule has 0 bridgehead atoms. The molecule has 4 heteroatoms. The zero-order valence-corrected chi connectivity index (χ0v) is 7.86. The van der Waals surface area contributed by atoms with Crippen LogP contribution in [-0.2, 0) is 39.4 Å². The Labute approximate surface area is 88.1 Å². The Morgan fingerprint density at radius 1 is 0.889 bits per heavy atom. The average Bonchev–Trinajstić information content (AvgIpc) is 1.72. The molecule has 0 amide bonds. The third kappa shape index (κ3) is 8.76. The maximum absolute atomic E-state index is 3.78. The van der Waals surface area contributed by atoms with E-state index in [1.54, 1.807) is 12.4 Å². The summed E-state index contributed by atoms with van der Waals surface area (Å²) in [5, 5.41) is 0. The first kappa shape index (κ1) is 16.4. The fourth-order valence-corrected chi connectivity index (χ4v) is 0.313. The standard InChI is InChI=1S/C5H5N.Ag.Cu.H2S/c1-2-4-6-5-3-1;;;/h1-5H;;;1H2. The van der Waals surface area contributed by atoms with Crippen LogP contribution in [0.15, 0.2) is 30.6 Å². The summed E-state index contributed by atoms with van der Waals surface area (Å²) in [5.41, 5.74) is 0. The van der Waals surface area contributed by atoms with Crippen molar-refractivity contribution < 1.29 is 39.4 Å². The SMILES string of the molecule is S.[Ag].[Cu].c1ccncc1. The van der Waals surface area contributed by atoms with E-state index >= 15 is 0 Å². The van der Waals surface area contributed by atoms with Gasteiger partial charge in [-0.05, 0) is 12.1 Å². The summed E-state index contributed by atoms with van der Waals surface area (Å²) in [7, 11) is 0. The predicted molar refractivity (Wildman–Crippen MR) is 34.6 cm³/mol. The molecule has 1 heterocycles. The summed E-state index contributed by atoms with van der Waals surface area (Å²) in [6.07, 6.45) is 3.50. The fraction of sp³-hybridized carbons (Fsp3) is 0. The molecule has 1 aromatic heterocycles.